The smallest absolute Gasteiger partial charge is 0.179 e. The molecule has 264 valence electrons. The van der Waals surface area contributed by atoms with Crippen LogP contribution in [0, 0.1) is 0 Å². The number of benzene rings is 4. The van der Waals surface area contributed by atoms with E-state index in [4.69, 9.17) is 0 Å². The Labute approximate surface area is 301 Å². The van der Waals surface area contributed by atoms with Crippen molar-refractivity contribution < 1.29 is 10.2 Å². The monoisotopic (exact) mass is 696 g/mol. The fraction of sp³-hybridized carbons (Fsp3) is 0.158. The Balaban J connectivity index is 1.54. The van der Waals surface area contributed by atoms with Gasteiger partial charge in [0.05, 0.1) is 11.4 Å². The number of nitrogens with one attached hydrogen (secondary N) is 4. The molecule has 0 fully saturated rings. The van der Waals surface area contributed by atoms with E-state index in [1.807, 2.05) is 126 Å². The van der Waals surface area contributed by atoms with Crippen LogP contribution >= 0.6 is 0 Å². The first-order chi connectivity index (χ1) is 25.6. The molecule has 6 rings (SSSR count). The number of hydrazine groups is 2. The van der Waals surface area contributed by atoms with Crippen molar-refractivity contribution in [3.8, 4) is 0 Å². The van der Waals surface area contributed by atoms with Gasteiger partial charge in [-0.3, -0.25) is 10.0 Å². The molecule has 14 heteroatoms. The summed E-state index contributed by atoms with van der Waals surface area (Å²) >= 11 is 0. The molecule has 0 aliphatic rings. The van der Waals surface area contributed by atoms with Crippen LogP contribution in [-0.4, -0.2) is 68.3 Å². The summed E-state index contributed by atoms with van der Waals surface area (Å²) in [5, 5.41) is 56.6. The summed E-state index contributed by atoms with van der Waals surface area (Å²) in [4.78, 5) is 0. The highest BCUT2D eigenvalue weighted by molar-refractivity contribution is 5.90. The van der Waals surface area contributed by atoms with Gasteiger partial charge in [-0.25, -0.2) is 10.9 Å². The van der Waals surface area contributed by atoms with Crippen molar-refractivity contribution in [3.05, 3.63) is 131 Å². The number of hydrogen-bond acceptors (Lipinski definition) is 14. The largest absolute Gasteiger partial charge is 0.396 e. The Morgan fingerprint density at radius 1 is 0.558 bits per heavy atom. The highest BCUT2D eigenvalue weighted by Gasteiger charge is 2.28. The molecule has 0 bridgehead atoms. The fourth-order valence-corrected chi connectivity index (χ4v) is 5.75. The van der Waals surface area contributed by atoms with Crippen LogP contribution < -0.4 is 31.5 Å². The molecule has 52 heavy (non-hydrogen) atoms. The summed E-state index contributed by atoms with van der Waals surface area (Å²) < 4.78 is 0. The molecule has 6 aromatic rings. The molecule has 0 spiro atoms. The first-order valence-corrected chi connectivity index (χ1v) is 16.8. The zero-order valence-electron chi connectivity index (χ0n) is 28.8. The number of aliphatic hydroxyl groups excluding tert-OH is 2. The van der Waals surface area contributed by atoms with E-state index in [0.717, 1.165) is 22.5 Å². The summed E-state index contributed by atoms with van der Waals surface area (Å²) in [5.74, 6) is 1.76. The van der Waals surface area contributed by atoms with Crippen LogP contribution in [0.3, 0.4) is 0 Å². The second-order valence-electron chi connectivity index (χ2n) is 11.4. The maximum Gasteiger partial charge on any atom is 0.179 e. The van der Waals surface area contributed by atoms with E-state index < -0.39 is 0 Å². The third-order valence-corrected chi connectivity index (χ3v) is 8.11. The van der Waals surface area contributed by atoms with Crippen LogP contribution in [0.2, 0.25) is 0 Å². The third-order valence-electron chi connectivity index (χ3n) is 8.11. The van der Waals surface area contributed by atoms with E-state index in [0.29, 0.717) is 45.8 Å². The van der Waals surface area contributed by atoms with Crippen molar-refractivity contribution >= 4 is 58.2 Å². The number of aromatic nitrogens is 6. The minimum Gasteiger partial charge on any atom is -0.396 e. The molecule has 0 atom stereocenters. The zero-order valence-corrected chi connectivity index (χ0v) is 28.8. The van der Waals surface area contributed by atoms with Crippen LogP contribution in [0.1, 0.15) is 22.3 Å². The van der Waals surface area contributed by atoms with Gasteiger partial charge in [-0.2, -0.15) is 0 Å². The SMILES string of the molecule is CNN(c1cccc(C=Cc2ccccc2)c1N(NC)c1nnnc(Nc2ccccc2)c1CCO)c1nnnc(Nc2ccccc2)c1CCO. The second-order valence-corrected chi connectivity index (χ2v) is 11.4. The quantitative estimate of drug-likeness (QED) is 0.0567. The Kier molecular flexibility index (Phi) is 12.0. The molecule has 0 amide bonds. The molecule has 0 unspecified atom stereocenters. The molecule has 4 aromatic carbocycles. The van der Waals surface area contributed by atoms with Gasteiger partial charge in [0.25, 0.3) is 0 Å². The number of anilines is 8. The summed E-state index contributed by atoms with van der Waals surface area (Å²) in [6, 6.07) is 35.1. The first kappa shape index (κ1) is 35.5. The molecular weight excluding hydrogens is 656 g/mol. The van der Waals surface area contributed by atoms with Gasteiger partial charge in [0.15, 0.2) is 23.3 Å². The lowest BCUT2D eigenvalue weighted by atomic mass is 10.1. The lowest BCUT2D eigenvalue weighted by Crippen LogP contribution is -2.38. The van der Waals surface area contributed by atoms with Gasteiger partial charge in [0.1, 0.15) is 0 Å². The standard InChI is InChI=1S/C38H40N12O2/c1-39-49(37-31(23-25-51)35(43-47-45-37)41-29-16-8-4-9-17-29)33-20-12-15-28(22-21-27-13-6-3-7-14-27)34(33)50(40-2)38-32(24-26-52)36(44-48-46-38)42-30-18-10-5-11-19-30/h3-22,39-40,51-52H,23-26H2,1-2H3,(H,41,43,45)(H,42,44,46). The molecule has 0 saturated carbocycles. The average molecular weight is 697 g/mol. The zero-order chi connectivity index (χ0) is 36.1. The summed E-state index contributed by atoms with van der Waals surface area (Å²) in [6.45, 7) is -0.300. The van der Waals surface area contributed by atoms with Gasteiger partial charge in [-0.1, -0.05) is 91.0 Å². The molecule has 0 aliphatic carbocycles. The third kappa shape index (κ3) is 8.17. The Morgan fingerprint density at radius 2 is 1.06 bits per heavy atom. The van der Waals surface area contributed by atoms with Gasteiger partial charge in [-0.05, 0) is 46.3 Å². The van der Waals surface area contributed by atoms with E-state index in [2.05, 4.69) is 52.3 Å². The van der Waals surface area contributed by atoms with Crippen LogP contribution in [0.4, 0.5) is 46.0 Å². The number of nitrogens with zero attached hydrogens (tertiary/aromatic N) is 8. The van der Waals surface area contributed by atoms with Crippen molar-refractivity contribution in [2.45, 2.75) is 12.8 Å². The topological polar surface area (TPSA) is 172 Å². The van der Waals surface area contributed by atoms with Gasteiger partial charge in [0.2, 0.25) is 0 Å². The minimum atomic E-state index is -0.152. The predicted octanol–water partition coefficient (Wildman–Crippen LogP) is 5.33. The Hall–Kier alpha value is -6.32. The molecule has 14 nitrogen and oxygen atoms in total. The maximum atomic E-state index is 10.2. The fourth-order valence-electron chi connectivity index (χ4n) is 5.75. The Bertz CT molecular complexity index is 2070. The lowest BCUT2D eigenvalue weighted by Gasteiger charge is -2.33. The molecule has 2 heterocycles. The average Bonchev–Trinajstić information content (AvgIpc) is 3.18. The highest BCUT2D eigenvalue weighted by Crippen LogP contribution is 2.41. The minimum absolute atomic E-state index is 0.148. The second kappa shape index (κ2) is 17.6. The van der Waals surface area contributed by atoms with E-state index in [-0.39, 0.29) is 26.1 Å². The van der Waals surface area contributed by atoms with Gasteiger partial charge >= 0.3 is 0 Å². The molecule has 0 radical (unpaired) electrons. The lowest BCUT2D eigenvalue weighted by molar-refractivity contribution is 0.299. The van der Waals surface area contributed by atoms with Gasteiger partial charge in [-0.15, -0.1) is 20.4 Å². The summed E-state index contributed by atoms with van der Waals surface area (Å²) in [6.07, 6.45) is 4.53. The van der Waals surface area contributed by atoms with Crippen molar-refractivity contribution in [1.29, 1.82) is 0 Å². The van der Waals surface area contributed by atoms with Gasteiger partial charge in [0, 0.05) is 68.2 Å². The molecular formula is C38H40N12O2. The summed E-state index contributed by atoms with van der Waals surface area (Å²) in [5.41, 5.74) is 12.7. The van der Waals surface area contributed by atoms with Crippen molar-refractivity contribution in [1.82, 2.24) is 41.7 Å². The van der Waals surface area contributed by atoms with Crippen molar-refractivity contribution in [2.24, 2.45) is 0 Å². The number of hydrogen-bond donors (Lipinski definition) is 6. The van der Waals surface area contributed by atoms with Crippen LogP contribution in [0.25, 0.3) is 12.2 Å². The normalized spacial score (nSPS) is 11.1. The Morgan fingerprint density at radius 3 is 1.56 bits per heavy atom. The maximum absolute atomic E-state index is 10.2. The van der Waals surface area contributed by atoms with Crippen molar-refractivity contribution in [3.63, 3.8) is 0 Å². The number of para-hydroxylation sites is 3. The van der Waals surface area contributed by atoms with E-state index in [9.17, 15) is 10.2 Å². The van der Waals surface area contributed by atoms with Crippen LogP contribution in [0.5, 0.6) is 0 Å². The van der Waals surface area contributed by atoms with E-state index in [1.165, 1.54) is 0 Å². The number of rotatable bonds is 16. The molecule has 2 aromatic heterocycles. The summed E-state index contributed by atoms with van der Waals surface area (Å²) in [7, 11) is 3.56. The van der Waals surface area contributed by atoms with Gasteiger partial charge < -0.3 is 20.8 Å². The van der Waals surface area contributed by atoms with Crippen molar-refractivity contribution in [2.75, 3.05) is 48.0 Å². The first-order valence-electron chi connectivity index (χ1n) is 16.8. The van der Waals surface area contributed by atoms with E-state index in [1.54, 1.807) is 19.1 Å². The van der Waals surface area contributed by atoms with Crippen LogP contribution in [0.15, 0.2) is 109 Å². The number of aliphatic hydroxyl groups is 2. The van der Waals surface area contributed by atoms with Crippen LogP contribution in [-0.2, 0) is 12.8 Å². The molecule has 0 aliphatic heterocycles. The van der Waals surface area contributed by atoms with E-state index >= 15 is 0 Å². The predicted molar refractivity (Wildman–Crippen MR) is 205 cm³/mol. The molecule has 6 N–H and O–H groups in total. The highest BCUT2D eigenvalue weighted by atomic mass is 16.3. The molecule has 0 saturated heterocycles.